The number of aromatic amines is 1. The molecule has 0 spiro atoms. The Bertz CT molecular complexity index is 431. The van der Waals surface area contributed by atoms with Gasteiger partial charge >= 0.3 is 0 Å². The van der Waals surface area contributed by atoms with Gasteiger partial charge in [0.25, 0.3) is 0 Å². The third-order valence-corrected chi connectivity index (χ3v) is 4.13. The number of aliphatic imine (C=N–C) groups is 1. The molecule has 21 heavy (non-hydrogen) atoms. The molecule has 3 N–H and O–H groups in total. The van der Waals surface area contributed by atoms with Crippen LogP contribution in [0.3, 0.4) is 0 Å². The monoisotopic (exact) mass is 292 g/mol. The van der Waals surface area contributed by atoms with Crippen LogP contribution in [-0.4, -0.2) is 53.3 Å². The van der Waals surface area contributed by atoms with Crippen molar-refractivity contribution in [1.29, 1.82) is 0 Å². The minimum absolute atomic E-state index is 0.145. The zero-order chi connectivity index (χ0) is 15.1. The topological polar surface area (TPSA) is 68.3 Å². The Morgan fingerprint density at radius 2 is 2.10 bits per heavy atom. The molecule has 0 aliphatic carbocycles. The zero-order valence-electron chi connectivity index (χ0n) is 13.4. The van der Waals surface area contributed by atoms with Crippen LogP contribution < -0.4 is 10.6 Å². The molecule has 0 radical (unpaired) electrons. The molecular formula is C15H28N6. The highest BCUT2D eigenvalue weighted by molar-refractivity contribution is 5.79. The molecule has 118 valence electrons. The predicted octanol–water partition coefficient (Wildman–Crippen LogP) is 1.34. The van der Waals surface area contributed by atoms with Crippen LogP contribution in [0.2, 0.25) is 0 Å². The van der Waals surface area contributed by atoms with Gasteiger partial charge in [0.15, 0.2) is 5.96 Å². The lowest BCUT2D eigenvalue weighted by atomic mass is 9.98. The second kappa shape index (κ2) is 7.45. The quantitative estimate of drug-likeness (QED) is 0.566. The molecule has 1 aromatic rings. The van der Waals surface area contributed by atoms with E-state index in [0.717, 1.165) is 18.2 Å². The Balaban J connectivity index is 1.78. The van der Waals surface area contributed by atoms with E-state index < -0.39 is 0 Å². The molecule has 0 unspecified atom stereocenters. The second-order valence-electron chi connectivity index (χ2n) is 6.22. The van der Waals surface area contributed by atoms with Gasteiger partial charge in [0.1, 0.15) is 0 Å². The van der Waals surface area contributed by atoms with Gasteiger partial charge in [0.05, 0.1) is 12.2 Å². The van der Waals surface area contributed by atoms with Gasteiger partial charge in [-0.1, -0.05) is 6.42 Å². The van der Waals surface area contributed by atoms with E-state index >= 15 is 0 Å². The van der Waals surface area contributed by atoms with E-state index in [1.54, 1.807) is 13.2 Å². The third-order valence-electron chi connectivity index (χ3n) is 4.13. The Morgan fingerprint density at radius 1 is 1.33 bits per heavy atom. The Hall–Kier alpha value is -1.56. The van der Waals surface area contributed by atoms with Crippen molar-refractivity contribution in [1.82, 2.24) is 25.7 Å². The number of piperidine rings is 1. The average Bonchev–Trinajstić information content (AvgIpc) is 3.02. The second-order valence-corrected chi connectivity index (χ2v) is 6.22. The molecule has 1 aliphatic heterocycles. The van der Waals surface area contributed by atoms with Crippen molar-refractivity contribution in [2.75, 3.05) is 26.7 Å². The first-order valence-electron chi connectivity index (χ1n) is 7.79. The van der Waals surface area contributed by atoms with Crippen molar-refractivity contribution in [3.63, 3.8) is 0 Å². The molecule has 6 nitrogen and oxygen atoms in total. The average molecular weight is 292 g/mol. The van der Waals surface area contributed by atoms with Crippen molar-refractivity contribution < 1.29 is 0 Å². The van der Waals surface area contributed by atoms with Crippen LogP contribution in [0.4, 0.5) is 0 Å². The van der Waals surface area contributed by atoms with Gasteiger partial charge in [-0.2, -0.15) is 5.10 Å². The summed E-state index contributed by atoms with van der Waals surface area (Å²) in [4.78, 5) is 6.85. The smallest absolute Gasteiger partial charge is 0.191 e. The normalized spacial score (nSPS) is 17.8. The van der Waals surface area contributed by atoms with Gasteiger partial charge in [-0.25, -0.2) is 0 Å². The number of nitrogens with one attached hydrogen (secondary N) is 3. The number of guanidine groups is 1. The highest BCUT2D eigenvalue weighted by Gasteiger charge is 2.27. The van der Waals surface area contributed by atoms with Crippen molar-refractivity contribution in [3.8, 4) is 0 Å². The van der Waals surface area contributed by atoms with E-state index in [9.17, 15) is 0 Å². The van der Waals surface area contributed by atoms with Crippen LogP contribution in [-0.2, 0) is 6.54 Å². The maximum atomic E-state index is 4.28. The summed E-state index contributed by atoms with van der Waals surface area (Å²) in [5.41, 5.74) is 1.19. The predicted molar refractivity (Wildman–Crippen MR) is 86.3 cm³/mol. The summed E-state index contributed by atoms with van der Waals surface area (Å²) in [6.07, 6.45) is 5.76. The molecule has 0 bridgehead atoms. The SMILES string of the molecule is CN=C(NCc1ccn[nH]1)NCC(C)(C)N1CCCCC1. The summed E-state index contributed by atoms with van der Waals surface area (Å²) in [5.74, 6) is 0.828. The lowest BCUT2D eigenvalue weighted by Crippen LogP contribution is -2.54. The number of hydrogen-bond donors (Lipinski definition) is 3. The van der Waals surface area contributed by atoms with E-state index in [1.165, 1.54) is 32.4 Å². The summed E-state index contributed by atoms with van der Waals surface area (Å²) >= 11 is 0. The fourth-order valence-electron chi connectivity index (χ4n) is 2.69. The maximum Gasteiger partial charge on any atom is 0.191 e. The van der Waals surface area contributed by atoms with Crippen molar-refractivity contribution in [2.24, 2.45) is 4.99 Å². The number of likely N-dealkylation sites (tertiary alicyclic amines) is 1. The maximum absolute atomic E-state index is 4.28. The molecule has 0 amide bonds. The highest BCUT2D eigenvalue weighted by Crippen LogP contribution is 2.19. The number of hydrogen-bond acceptors (Lipinski definition) is 3. The minimum atomic E-state index is 0.145. The van der Waals surface area contributed by atoms with Gasteiger partial charge in [0.2, 0.25) is 0 Å². The minimum Gasteiger partial charge on any atom is -0.355 e. The summed E-state index contributed by atoms with van der Waals surface area (Å²) < 4.78 is 0. The van der Waals surface area contributed by atoms with Gasteiger partial charge in [-0.3, -0.25) is 15.0 Å². The first-order chi connectivity index (χ1) is 10.1. The molecular weight excluding hydrogens is 264 g/mol. The van der Waals surface area contributed by atoms with E-state index in [0.29, 0.717) is 6.54 Å². The van der Waals surface area contributed by atoms with Crippen LogP contribution >= 0.6 is 0 Å². The Kier molecular flexibility index (Phi) is 5.61. The highest BCUT2D eigenvalue weighted by atomic mass is 15.2. The summed E-state index contributed by atoms with van der Waals surface area (Å²) in [5, 5.41) is 13.6. The number of aromatic nitrogens is 2. The van der Waals surface area contributed by atoms with Crippen molar-refractivity contribution in [2.45, 2.75) is 45.2 Å². The van der Waals surface area contributed by atoms with Crippen LogP contribution in [0.25, 0.3) is 0 Å². The third kappa shape index (κ3) is 4.74. The first kappa shape index (κ1) is 15.8. The lowest BCUT2D eigenvalue weighted by Gasteiger charge is -2.41. The molecule has 2 heterocycles. The molecule has 1 aliphatic rings. The molecule has 1 fully saturated rings. The Labute approximate surface area is 127 Å². The summed E-state index contributed by atoms with van der Waals surface area (Å²) in [6.45, 7) is 8.59. The van der Waals surface area contributed by atoms with E-state index in [4.69, 9.17) is 0 Å². The summed E-state index contributed by atoms with van der Waals surface area (Å²) in [7, 11) is 1.80. The first-order valence-corrected chi connectivity index (χ1v) is 7.79. The lowest BCUT2D eigenvalue weighted by molar-refractivity contribution is 0.0982. The van der Waals surface area contributed by atoms with Gasteiger partial charge in [0, 0.05) is 25.3 Å². The number of rotatable bonds is 5. The number of nitrogens with zero attached hydrogens (tertiary/aromatic N) is 3. The van der Waals surface area contributed by atoms with Crippen LogP contribution in [0, 0.1) is 0 Å². The van der Waals surface area contributed by atoms with E-state index in [2.05, 4.69) is 44.6 Å². The van der Waals surface area contributed by atoms with Crippen molar-refractivity contribution in [3.05, 3.63) is 18.0 Å². The molecule has 1 saturated heterocycles. The molecule has 0 saturated carbocycles. The molecule has 6 heteroatoms. The fourth-order valence-corrected chi connectivity index (χ4v) is 2.69. The van der Waals surface area contributed by atoms with Crippen LogP contribution in [0.15, 0.2) is 17.3 Å². The standard InChI is InChI=1S/C15H28N6/c1-15(2,21-9-5-4-6-10-21)12-18-14(16-3)17-11-13-7-8-19-20-13/h7-8H,4-6,9-12H2,1-3H3,(H,19,20)(H2,16,17,18). The number of H-pyrrole nitrogens is 1. The Morgan fingerprint density at radius 3 is 2.71 bits per heavy atom. The fraction of sp³-hybridized carbons (Fsp3) is 0.733. The molecule has 1 aromatic heterocycles. The van der Waals surface area contributed by atoms with Gasteiger partial charge < -0.3 is 10.6 Å². The van der Waals surface area contributed by atoms with Crippen molar-refractivity contribution >= 4 is 5.96 Å². The van der Waals surface area contributed by atoms with E-state index in [1.807, 2.05) is 6.07 Å². The largest absolute Gasteiger partial charge is 0.355 e. The molecule has 0 atom stereocenters. The van der Waals surface area contributed by atoms with Crippen LogP contribution in [0.1, 0.15) is 38.8 Å². The van der Waals surface area contributed by atoms with E-state index in [-0.39, 0.29) is 5.54 Å². The molecule has 0 aromatic carbocycles. The van der Waals surface area contributed by atoms with Gasteiger partial charge in [-0.05, 0) is 45.8 Å². The summed E-state index contributed by atoms with van der Waals surface area (Å²) in [6, 6.07) is 1.96. The van der Waals surface area contributed by atoms with Crippen LogP contribution in [0.5, 0.6) is 0 Å². The zero-order valence-corrected chi connectivity index (χ0v) is 13.4. The molecule has 2 rings (SSSR count). The van der Waals surface area contributed by atoms with Gasteiger partial charge in [-0.15, -0.1) is 0 Å².